The third-order valence-electron chi connectivity index (χ3n) is 8.06. The number of nitrogens with zero attached hydrogens (tertiary/aromatic N) is 3. The number of imidazole rings is 1. The van der Waals surface area contributed by atoms with Crippen molar-refractivity contribution in [3.8, 4) is 28.4 Å². The van der Waals surface area contributed by atoms with Gasteiger partial charge in [0.05, 0.1) is 18.3 Å². The SMILES string of the molecule is COc1nn2c(-c3ccccc3)c(-c3ccc(C4(NC(=O)OC5(C)CC5)CCC4)cc3)nc2c(C)c1C. The van der Waals surface area contributed by atoms with E-state index in [1.165, 1.54) is 0 Å². The number of rotatable bonds is 6. The van der Waals surface area contributed by atoms with Crippen LogP contribution in [0.25, 0.3) is 28.2 Å². The molecule has 37 heavy (non-hydrogen) atoms. The number of aryl methyl sites for hydroxylation is 1. The van der Waals surface area contributed by atoms with Crippen LogP contribution in [-0.4, -0.2) is 33.4 Å². The van der Waals surface area contributed by atoms with Crippen LogP contribution in [0.1, 0.15) is 55.7 Å². The van der Waals surface area contributed by atoms with Gasteiger partial charge in [-0.1, -0.05) is 54.6 Å². The second kappa shape index (κ2) is 8.61. The highest BCUT2D eigenvalue weighted by Crippen LogP contribution is 2.44. The summed E-state index contributed by atoms with van der Waals surface area (Å²) in [4.78, 5) is 17.7. The van der Waals surface area contributed by atoms with Gasteiger partial charge in [0.1, 0.15) is 11.3 Å². The molecule has 6 rings (SSSR count). The quantitative estimate of drug-likeness (QED) is 0.337. The summed E-state index contributed by atoms with van der Waals surface area (Å²) in [5.74, 6) is 0.589. The fourth-order valence-electron chi connectivity index (χ4n) is 5.18. The van der Waals surface area contributed by atoms with Crippen molar-refractivity contribution in [2.45, 2.75) is 64.0 Å². The lowest BCUT2D eigenvalue weighted by molar-refractivity contribution is 0.0712. The summed E-state index contributed by atoms with van der Waals surface area (Å²) < 4.78 is 13.1. The zero-order valence-electron chi connectivity index (χ0n) is 21.8. The summed E-state index contributed by atoms with van der Waals surface area (Å²) in [5, 5.41) is 7.98. The Morgan fingerprint density at radius 1 is 0.946 bits per heavy atom. The molecule has 2 aromatic carbocycles. The van der Waals surface area contributed by atoms with Gasteiger partial charge in [0.2, 0.25) is 5.88 Å². The van der Waals surface area contributed by atoms with Gasteiger partial charge in [-0.3, -0.25) is 0 Å². The molecule has 0 atom stereocenters. The number of nitrogens with one attached hydrogen (secondary N) is 1. The lowest BCUT2D eigenvalue weighted by Crippen LogP contribution is -2.51. The normalized spacial score (nSPS) is 17.2. The Kier molecular flexibility index (Phi) is 5.48. The first kappa shape index (κ1) is 23.5. The molecule has 2 fully saturated rings. The topological polar surface area (TPSA) is 77.8 Å². The number of amides is 1. The summed E-state index contributed by atoms with van der Waals surface area (Å²) in [6.45, 7) is 6.05. The second-order valence-corrected chi connectivity index (χ2v) is 10.6. The average molecular weight is 497 g/mol. The maximum Gasteiger partial charge on any atom is 0.408 e. The van der Waals surface area contributed by atoms with Gasteiger partial charge >= 0.3 is 6.09 Å². The van der Waals surface area contributed by atoms with Crippen LogP contribution in [0.15, 0.2) is 54.6 Å². The molecule has 0 aliphatic heterocycles. The van der Waals surface area contributed by atoms with Crippen molar-refractivity contribution in [2.75, 3.05) is 7.11 Å². The number of ether oxygens (including phenoxy) is 2. The Balaban J connectivity index is 1.40. The van der Waals surface area contributed by atoms with Crippen LogP contribution >= 0.6 is 0 Å². The number of methoxy groups -OCH3 is 1. The summed E-state index contributed by atoms with van der Waals surface area (Å²) in [6.07, 6.45) is 4.44. The van der Waals surface area contributed by atoms with Crippen molar-refractivity contribution in [3.05, 3.63) is 71.3 Å². The molecule has 2 saturated carbocycles. The van der Waals surface area contributed by atoms with Crippen molar-refractivity contribution in [2.24, 2.45) is 0 Å². The van der Waals surface area contributed by atoms with Gasteiger partial charge in [-0.25, -0.2) is 14.3 Å². The van der Waals surface area contributed by atoms with Gasteiger partial charge in [0.25, 0.3) is 0 Å². The van der Waals surface area contributed by atoms with E-state index in [1.807, 2.05) is 36.6 Å². The minimum atomic E-state index is -0.370. The molecule has 1 N–H and O–H groups in total. The van der Waals surface area contributed by atoms with E-state index in [1.54, 1.807) is 7.11 Å². The van der Waals surface area contributed by atoms with Crippen LogP contribution in [-0.2, 0) is 10.3 Å². The number of fused-ring (bicyclic) bond motifs is 1. The van der Waals surface area contributed by atoms with E-state index in [-0.39, 0.29) is 17.2 Å². The molecule has 2 aliphatic rings. The fourth-order valence-corrected chi connectivity index (χ4v) is 5.18. The monoisotopic (exact) mass is 496 g/mol. The number of alkyl carbamates (subject to hydrolysis) is 1. The van der Waals surface area contributed by atoms with Crippen molar-refractivity contribution >= 4 is 11.7 Å². The van der Waals surface area contributed by atoms with E-state index in [0.717, 1.165) is 77.0 Å². The molecular formula is C30H32N4O3. The van der Waals surface area contributed by atoms with E-state index in [4.69, 9.17) is 19.6 Å². The number of benzene rings is 2. The summed E-state index contributed by atoms with van der Waals surface area (Å²) in [5.41, 5.74) is 7.06. The standard InChI is InChI=1S/C30H32N4O3/c1-19-20(2)27(36-4)33-34-25(22-9-6-5-7-10-22)24(31-26(19)34)21-11-13-23(14-12-21)30(15-8-16-30)32-28(35)37-29(3)17-18-29/h5-7,9-14H,8,15-18H2,1-4H3,(H,32,35). The number of hydrogen-bond acceptors (Lipinski definition) is 5. The van der Waals surface area contributed by atoms with E-state index in [2.05, 4.69) is 48.6 Å². The number of aromatic nitrogens is 3. The predicted molar refractivity (Wildman–Crippen MR) is 143 cm³/mol. The van der Waals surface area contributed by atoms with E-state index >= 15 is 0 Å². The summed E-state index contributed by atoms with van der Waals surface area (Å²) in [7, 11) is 1.64. The molecular weight excluding hydrogens is 464 g/mol. The van der Waals surface area contributed by atoms with Gasteiger partial charge in [-0.2, -0.15) is 0 Å². The van der Waals surface area contributed by atoms with Crippen LogP contribution in [0.2, 0.25) is 0 Å². The average Bonchev–Trinajstić information content (AvgIpc) is 3.48. The highest BCUT2D eigenvalue weighted by Gasteiger charge is 2.45. The Morgan fingerprint density at radius 2 is 1.65 bits per heavy atom. The zero-order valence-corrected chi connectivity index (χ0v) is 21.8. The Hall–Kier alpha value is -3.87. The third kappa shape index (κ3) is 4.02. The molecule has 0 unspecified atom stereocenters. The molecule has 7 heteroatoms. The number of hydrogen-bond donors (Lipinski definition) is 1. The van der Waals surface area contributed by atoms with Crippen LogP contribution in [0, 0.1) is 13.8 Å². The van der Waals surface area contributed by atoms with Crippen LogP contribution in [0.3, 0.4) is 0 Å². The molecule has 2 aliphatic carbocycles. The minimum Gasteiger partial charge on any atom is -0.480 e. The van der Waals surface area contributed by atoms with E-state index in [0.29, 0.717) is 5.88 Å². The highest BCUT2D eigenvalue weighted by molar-refractivity contribution is 5.82. The molecule has 0 radical (unpaired) electrons. The molecule has 2 aromatic heterocycles. The smallest absolute Gasteiger partial charge is 0.408 e. The van der Waals surface area contributed by atoms with E-state index in [9.17, 15) is 4.79 Å². The van der Waals surface area contributed by atoms with Crippen LogP contribution < -0.4 is 10.1 Å². The first-order valence-corrected chi connectivity index (χ1v) is 12.9. The summed E-state index contributed by atoms with van der Waals surface area (Å²) >= 11 is 0. The maximum atomic E-state index is 12.6. The first-order chi connectivity index (χ1) is 17.8. The third-order valence-corrected chi connectivity index (χ3v) is 8.06. The lowest BCUT2D eigenvalue weighted by atomic mass is 9.71. The molecule has 0 bridgehead atoms. The van der Waals surface area contributed by atoms with Crippen molar-refractivity contribution in [3.63, 3.8) is 0 Å². The molecule has 0 saturated heterocycles. The molecule has 7 nitrogen and oxygen atoms in total. The van der Waals surface area contributed by atoms with Crippen molar-refractivity contribution in [1.82, 2.24) is 19.9 Å². The molecule has 0 spiro atoms. The predicted octanol–water partition coefficient (Wildman–Crippen LogP) is 6.35. The largest absolute Gasteiger partial charge is 0.480 e. The number of carbonyl (C=O) groups is 1. The van der Waals surface area contributed by atoms with Crippen molar-refractivity contribution < 1.29 is 14.3 Å². The van der Waals surface area contributed by atoms with Gasteiger partial charge in [0, 0.05) is 22.3 Å². The number of carbonyl (C=O) groups excluding carboxylic acids is 1. The van der Waals surface area contributed by atoms with Crippen molar-refractivity contribution in [1.29, 1.82) is 0 Å². The second-order valence-electron chi connectivity index (χ2n) is 10.6. The van der Waals surface area contributed by atoms with Gasteiger partial charge in [-0.05, 0) is 58.4 Å². The maximum absolute atomic E-state index is 12.6. The van der Waals surface area contributed by atoms with Crippen LogP contribution in [0.5, 0.6) is 5.88 Å². The fraction of sp³-hybridized carbons (Fsp3) is 0.367. The molecule has 2 heterocycles. The summed E-state index contributed by atoms with van der Waals surface area (Å²) in [6, 6.07) is 18.6. The van der Waals surface area contributed by atoms with Gasteiger partial charge in [0.15, 0.2) is 5.65 Å². The lowest BCUT2D eigenvalue weighted by Gasteiger charge is -2.43. The Bertz CT molecular complexity index is 1480. The zero-order chi connectivity index (χ0) is 25.8. The van der Waals surface area contributed by atoms with Gasteiger partial charge in [-0.15, -0.1) is 5.10 Å². The van der Waals surface area contributed by atoms with Gasteiger partial charge < -0.3 is 14.8 Å². The Labute approximate surface area is 216 Å². The van der Waals surface area contributed by atoms with E-state index < -0.39 is 0 Å². The van der Waals surface area contributed by atoms with Crippen LogP contribution in [0.4, 0.5) is 4.79 Å². The minimum absolute atomic E-state index is 0.289. The molecule has 190 valence electrons. The highest BCUT2D eigenvalue weighted by atomic mass is 16.6. The first-order valence-electron chi connectivity index (χ1n) is 12.9. The molecule has 4 aromatic rings. The Morgan fingerprint density at radius 3 is 2.24 bits per heavy atom. The molecule has 1 amide bonds.